The van der Waals surface area contributed by atoms with E-state index in [-0.39, 0.29) is 17.6 Å². The highest BCUT2D eigenvalue weighted by atomic mass is 16.3. The molecule has 0 aromatic heterocycles. The van der Waals surface area contributed by atoms with E-state index >= 15 is 0 Å². The van der Waals surface area contributed by atoms with Gasteiger partial charge in [0.25, 0.3) is 0 Å². The maximum Gasteiger partial charge on any atom is 0.232 e. The van der Waals surface area contributed by atoms with Crippen LogP contribution >= 0.6 is 0 Å². The average Bonchev–Trinajstić information content (AvgIpc) is 2.49. The third-order valence-electron chi connectivity index (χ3n) is 3.87. The van der Waals surface area contributed by atoms with Crippen molar-refractivity contribution in [1.29, 1.82) is 0 Å². The van der Waals surface area contributed by atoms with Crippen molar-refractivity contribution < 1.29 is 9.90 Å². The van der Waals surface area contributed by atoms with Crippen molar-refractivity contribution >= 4 is 17.3 Å². The Labute approximate surface area is 123 Å². The standard InChI is InChI=1S/C17H18N2O2/c1-11-10-12(20)6-7-15(11)19-17(21)14-8-9-18-16-5-3-2-4-13(14)16/h2-7,10,14,18,20H,8-9H2,1H3,(H,19,21). The zero-order valence-corrected chi connectivity index (χ0v) is 11.9. The van der Waals surface area contributed by atoms with Crippen molar-refractivity contribution in [1.82, 2.24) is 0 Å². The molecule has 4 nitrogen and oxygen atoms in total. The number of carbonyl (C=O) groups is 1. The van der Waals surface area contributed by atoms with Crippen LogP contribution in [0.5, 0.6) is 5.75 Å². The van der Waals surface area contributed by atoms with Crippen LogP contribution in [-0.4, -0.2) is 17.6 Å². The van der Waals surface area contributed by atoms with E-state index in [0.717, 1.165) is 35.5 Å². The van der Waals surface area contributed by atoms with E-state index in [9.17, 15) is 9.90 Å². The predicted octanol–water partition coefficient (Wildman–Crippen LogP) is 3.24. The first-order valence-electron chi connectivity index (χ1n) is 7.08. The van der Waals surface area contributed by atoms with Crippen molar-refractivity contribution in [3.05, 3.63) is 53.6 Å². The lowest BCUT2D eigenvalue weighted by atomic mass is 9.90. The van der Waals surface area contributed by atoms with Crippen LogP contribution in [0.1, 0.15) is 23.5 Å². The summed E-state index contributed by atoms with van der Waals surface area (Å²) in [5, 5.41) is 15.7. The molecular weight excluding hydrogens is 264 g/mol. The fraction of sp³-hybridized carbons (Fsp3) is 0.235. The van der Waals surface area contributed by atoms with E-state index in [4.69, 9.17) is 0 Å². The molecular formula is C17H18N2O2. The quantitative estimate of drug-likeness (QED) is 0.741. The lowest BCUT2D eigenvalue weighted by Crippen LogP contribution is -2.27. The van der Waals surface area contributed by atoms with Gasteiger partial charge in [0.2, 0.25) is 5.91 Å². The Balaban J connectivity index is 1.83. The van der Waals surface area contributed by atoms with Gasteiger partial charge in [0.05, 0.1) is 5.92 Å². The number of anilines is 2. The van der Waals surface area contributed by atoms with Crippen LogP contribution in [0, 0.1) is 6.92 Å². The van der Waals surface area contributed by atoms with Gasteiger partial charge in [-0.1, -0.05) is 18.2 Å². The molecule has 3 N–H and O–H groups in total. The van der Waals surface area contributed by atoms with Gasteiger partial charge in [-0.25, -0.2) is 0 Å². The van der Waals surface area contributed by atoms with Gasteiger partial charge in [-0.05, 0) is 48.7 Å². The van der Waals surface area contributed by atoms with Gasteiger partial charge in [-0.2, -0.15) is 0 Å². The van der Waals surface area contributed by atoms with Crippen LogP contribution in [0.3, 0.4) is 0 Å². The number of phenols is 1. The minimum atomic E-state index is -0.143. The summed E-state index contributed by atoms with van der Waals surface area (Å²) in [6.07, 6.45) is 0.778. The van der Waals surface area contributed by atoms with Crippen LogP contribution in [0.4, 0.5) is 11.4 Å². The van der Waals surface area contributed by atoms with Crippen LogP contribution in [0.15, 0.2) is 42.5 Å². The van der Waals surface area contributed by atoms with Gasteiger partial charge in [-0.3, -0.25) is 4.79 Å². The molecule has 0 saturated heterocycles. The highest BCUT2D eigenvalue weighted by Crippen LogP contribution is 2.32. The average molecular weight is 282 g/mol. The Hall–Kier alpha value is -2.49. The zero-order chi connectivity index (χ0) is 14.8. The molecule has 1 heterocycles. The van der Waals surface area contributed by atoms with E-state index < -0.39 is 0 Å². The lowest BCUT2D eigenvalue weighted by Gasteiger charge is -2.26. The molecule has 0 radical (unpaired) electrons. The Morgan fingerprint density at radius 1 is 1.29 bits per heavy atom. The summed E-state index contributed by atoms with van der Waals surface area (Å²) in [6.45, 7) is 2.66. The number of fused-ring (bicyclic) bond motifs is 1. The van der Waals surface area contributed by atoms with Gasteiger partial charge in [0.1, 0.15) is 5.75 Å². The van der Waals surface area contributed by atoms with Crippen molar-refractivity contribution in [2.45, 2.75) is 19.3 Å². The van der Waals surface area contributed by atoms with Gasteiger partial charge < -0.3 is 15.7 Å². The van der Waals surface area contributed by atoms with Crippen LogP contribution in [-0.2, 0) is 4.79 Å². The van der Waals surface area contributed by atoms with E-state index in [2.05, 4.69) is 10.6 Å². The normalized spacial score (nSPS) is 16.7. The first-order chi connectivity index (χ1) is 10.1. The maximum absolute atomic E-state index is 12.6. The molecule has 3 rings (SSSR count). The number of carbonyl (C=O) groups excluding carboxylic acids is 1. The second-order valence-electron chi connectivity index (χ2n) is 5.34. The SMILES string of the molecule is Cc1cc(O)ccc1NC(=O)C1CCNc2ccccc21. The molecule has 2 aromatic carbocycles. The summed E-state index contributed by atoms with van der Waals surface area (Å²) in [4.78, 5) is 12.6. The summed E-state index contributed by atoms with van der Waals surface area (Å²) < 4.78 is 0. The molecule has 0 aliphatic carbocycles. The number of hydrogen-bond donors (Lipinski definition) is 3. The molecule has 1 amide bonds. The lowest BCUT2D eigenvalue weighted by molar-refractivity contribution is -0.117. The van der Waals surface area contributed by atoms with Crippen molar-refractivity contribution in [2.75, 3.05) is 17.2 Å². The first-order valence-corrected chi connectivity index (χ1v) is 7.08. The van der Waals surface area contributed by atoms with Crippen LogP contribution < -0.4 is 10.6 Å². The van der Waals surface area contributed by atoms with Gasteiger partial charge in [-0.15, -0.1) is 0 Å². The number of aromatic hydroxyl groups is 1. The fourth-order valence-corrected chi connectivity index (χ4v) is 2.75. The Bertz CT molecular complexity index is 682. The predicted molar refractivity (Wildman–Crippen MR) is 83.8 cm³/mol. The molecule has 4 heteroatoms. The van der Waals surface area contributed by atoms with Crippen molar-refractivity contribution in [2.24, 2.45) is 0 Å². The van der Waals surface area contributed by atoms with E-state index in [1.807, 2.05) is 31.2 Å². The minimum absolute atomic E-state index is 0.00209. The van der Waals surface area contributed by atoms with Gasteiger partial charge >= 0.3 is 0 Å². The highest BCUT2D eigenvalue weighted by molar-refractivity contribution is 5.97. The molecule has 1 aliphatic heterocycles. The van der Waals surface area contributed by atoms with Crippen molar-refractivity contribution in [3.63, 3.8) is 0 Å². The zero-order valence-electron chi connectivity index (χ0n) is 11.9. The first kappa shape index (κ1) is 13.5. The second kappa shape index (κ2) is 5.48. The summed E-state index contributed by atoms with van der Waals surface area (Å²) in [5.74, 6) is 0.0612. The van der Waals surface area contributed by atoms with Crippen LogP contribution in [0.25, 0.3) is 0 Å². The number of rotatable bonds is 2. The number of para-hydroxylation sites is 1. The topological polar surface area (TPSA) is 61.4 Å². The number of benzene rings is 2. The minimum Gasteiger partial charge on any atom is -0.508 e. The molecule has 108 valence electrons. The van der Waals surface area contributed by atoms with Crippen LogP contribution in [0.2, 0.25) is 0 Å². The van der Waals surface area contributed by atoms with Gasteiger partial charge in [0.15, 0.2) is 0 Å². The molecule has 0 fully saturated rings. The van der Waals surface area contributed by atoms with E-state index in [1.165, 1.54) is 0 Å². The van der Waals surface area contributed by atoms with E-state index in [0.29, 0.717) is 0 Å². The van der Waals surface area contributed by atoms with E-state index in [1.54, 1.807) is 18.2 Å². The molecule has 21 heavy (non-hydrogen) atoms. The number of nitrogens with one attached hydrogen (secondary N) is 2. The maximum atomic E-state index is 12.6. The fourth-order valence-electron chi connectivity index (χ4n) is 2.75. The summed E-state index contributed by atoms with van der Waals surface area (Å²) in [7, 11) is 0. The largest absolute Gasteiger partial charge is 0.508 e. The molecule has 1 aliphatic rings. The van der Waals surface area contributed by atoms with Crippen molar-refractivity contribution in [3.8, 4) is 5.75 Å². The molecule has 0 spiro atoms. The number of aryl methyl sites for hydroxylation is 1. The monoisotopic (exact) mass is 282 g/mol. The summed E-state index contributed by atoms with van der Waals surface area (Å²) in [5.41, 5.74) is 3.67. The Kier molecular flexibility index (Phi) is 3.52. The third-order valence-corrected chi connectivity index (χ3v) is 3.87. The summed E-state index contributed by atoms with van der Waals surface area (Å²) in [6, 6.07) is 12.9. The number of hydrogen-bond acceptors (Lipinski definition) is 3. The van der Waals surface area contributed by atoms with Gasteiger partial charge in [0, 0.05) is 17.9 Å². The third kappa shape index (κ3) is 2.70. The Morgan fingerprint density at radius 2 is 2.10 bits per heavy atom. The highest BCUT2D eigenvalue weighted by Gasteiger charge is 2.26. The molecule has 0 saturated carbocycles. The molecule has 2 aromatic rings. The molecule has 1 atom stereocenters. The Morgan fingerprint density at radius 3 is 2.90 bits per heavy atom. The number of amides is 1. The molecule has 0 bridgehead atoms. The summed E-state index contributed by atoms with van der Waals surface area (Å²) >= 11 is 0. The molecule has 1 unspecified atom stereocenters. The second-order valence-corrected chi connectivity index (χ2v) is 5.34. The smallest absolute Gasteiger partial charge is 0.232 e. The number of phenolic OH excluding ortho intramolecular Hbond substituents is 1.